The topological polar surface area (TPSA) is 92.5 Å². The van der Waals surface area contributed by atoms with Crippen LogP contribution in [-0.2, 0) is 8.87 Å². The van der Waals surface area contributed by atoms with Crippen LogP contribution in [0, 0.1) is 0 Å². The molecule has 0 aliphatic carbocycles. The normalized spacial score (nSPS) is 12.2. The van der Waals surface area contributed by atoms with Crippen LogP contribution < -0.4 is 0 Å². The van der Waals surface area contributed by atoms with Crippen molar-refractivity contribution < 1.29 is 13.6 Å². The molecule has 0 bridgehead atoms. The third-order valence-electron chi connectivity index (χ3n) is 1.24. The quantitative estimate of drug-likeness (QED) is 0.228. The fraction of sp³-hybridized carbons (Fsp3) is 0.167. The molecule has 0 saturated carbocycles. The van der Waals surface area contributed by atoms with E-state index in [2.05, 4.69) is 15.1 Å². The van der Waals surface area contributed by atoms with Gasteiger partial charge in [-0.15, -0.1) is 0 Å². The van der Waals surface area contributed by atoms with E-state index in [0.717, 1.165) is 12.5 Å². The first-order valence-corrected chi connectivity index (χ1v) is 7.61. The molecule has 0 amide bonds. The van der Waals surface area contributed by atoms with Gasteiger partial charge in [0.1, 0.15) is 10.3 Å². The summed E-state index contributed by atoms with van der Waals surface area (Å²) in [6, 6.07) is 0. The van der Waals surface area contributed by atoms with Crippen molar-refractivity contribution in [2.24, 2.45) is 5.16 Å². The minimum absolute atomic E-state index is 0.0902. The number of hydrogen-bond acceptors (Lipinski definition) is 7. The molecule has 1 rings (SSSR count). The van der Waals surface area contributed by atoms with Crippen LogP contribution in [0.5, 0.6) is 0 Å². The van der Waals surface area contributed by atoms with Gasteiger partial charge in [0, 0.05) is 17.0 Å². The fourth-order valence-corrected chi connectivity index (χ4v) is 2.88. The highest BCUT2D eigenvalue weighted by Crippen LogP contribution is 2.26. The molecule has 0 aliphatic heterocycles. The highest BCUT2D eigenvalue weighted by molar-refractivity contribution is 8.71. The predicted octanol–water partition coefficient (Wildman–Crippen LogP) is 1.64. The SMILES string of the molecule is CS(=O)(=O)Sc1nc(Cl)c(/C=N/O)c(Cl)n1. The van der Waals surface area contributed by atoms with Gasteiger partial charge in [-0.1, -0.05) is 28.4 Å². The summed E-state index contributed by atoms with van der Waals surface area (Å²) in [4.78, 5) is 7.38. The van der Waals surface area contributed by atoms with Gasteiger partial charge in [-0.25, -0.2) is 18.4 Å². The molecule has 0 aromatic carbocycles. The number of oxime groups is 1. The Morgan fingerprint density at radius 3 is 2.25 bits per heavy atom. The van der Waals surface area contributed by atoms with Crippen LogP contribution in [0.3, 0.4) is 0 Å². The smallest absolute Gasteiger partial charge is 0.206 e. The number of hydrogen-bond donors (Lipinski definition) is 1. The maximum atomic E-state index is 11.0. The van der Waals surface area contributed by atoms with Gasteiger partial charge in [0.15, 0.2) is 0 Å². The fourth-order valence-electron chi connectivity index (χ4n) is 0.735. The summed E-state index contributed by atoms with van der Waals surface area (Å²) in [6.07, 6.45) is 1.96. The zero-order valence-electron chi connectivity index (χ0n) is 7.76. The summed E-state index contributed by atoms with van der Waals surface area (Å²) in [6.45, 7) is 0. The van der Waals surface area contributed by atoms with Crippen LogP contribution in [0.25, 0.3) is 0 Å². The van der Waals surface area contributed by atoms with Crippen LogP contribution in [-0.4, -0.2) is 36.1 Å². The lowest BCUT2D eigenvalue weighted by Gasteiger charge is -2.02. The third kappa shape index (κ3) is 3.78. The van der Waals surface area contributed by atoms with E-state index in [-0.39, 0.29) is 21.0 Å². The van der Waals surface area contributed by atoms with Crippen molar-refractivity contribution in [3.8, 4) is 0 Å². The summed E-state index contributed by atoms with van der Waals surface area (Å²) < 4.78 is 21.9. The monoisotopic (exact) mass is 301 g/mol. The summed E-state index contributed by atoms with van der Waals surface area (Å²) in [5.74, 6) is 0. The summed E-state index contributed by atoms with van der Waals surface area (Å²) in [7, 11) is -2.91. The second-order valence-corrected chi connectivity index (χ2v) is 7.51. The number of nitrogens with zero attached hydrogens (tertiary/aromatic N) is 3. The van der Waals surface area contributed by atoms with E-state index in [1.54, 1.807) is 0 Å². The molecule has 0 aliphatic rings. The largest absolute Gasteiger partial charge is 0.411 e. The van der Waals surface area contributed by atoms with Crippen LogP contribution in [0.4, 0.5) is 0 Å². The molecule has 0 fully saturated rings. The molecule has 16 heavy (non-hydrogen) atoms. The minimum Gasteiger partial charge on any atom is -0.411 e. The molecule has 1 heterocycles. The molecule has 0 spiro atoms. The van der Waals surface area contributed by atoms with Crippen LogP contribution >= 0.6 is 34.0 Å². The molecule has 1 N–H and O–H groups in total. The van der Waals surface area contributed by atoms with Gasteiger partial charge in [0.25, 0.3) is 0 Å². The molecule has 0 saturated heterocycles. The van der Waals surface area contributed by atoms with Crippen LogP contribution in [0.15, 0.2) is 10.3 Å². The molecular formula is C6H5Cl2N3O3S2. The Kier molecular flexibility index (Phi) is 4.36. The number of aromatic nitrogens is 2. The molecular weight excluding hydrogens is 297 g/mol. The molecule has 6 nitrogen and oxygen atoms in total. The van der Waals surface area contributed by atoms with Crippen LogP contribution in [0.1, 0.15) is 5.56 Å². The summed E-state index contributed by atoms with van der Waals surface area (Å²) >= 11 is 11.4. The molecule has 0 unspecified atom stereocenters. The highest BCUT2D eigenvalue weighted by atomic mass is 35.5. The van der Waals surface area contributed by atoms with Crippen molar-refractivity contribution in [2.75, 3.05) is 6.26 Å². The van der Waals surface area contributed by atoms with Gasteiger partial charge in [-0.2, -0.15) is 0 Å². The maximum absolute atomic E-state index is 11.0. The molecule has 88 valence electrons. The second kappa shape index (κ2) is 5.17. The van der Waals surface area contributed by atoms with E-state index in [9.17, 15) is 8.42 Å². The lowest BCUT2D eigenvalue weighted by Crippen LogP contribution is -1.98. The highest BCUT2D eigenvalue weighted by Gasteiger charge is 2.14. The van der Waals surface area contributed by atoms with Gasteiger partial charge in [-0.3, -0.25) is 0 Å². The van der Waals surface area contributed by atoms with Crippen molar-refractivity contribution >= 4 is 49.1 Å². The Morgan fingerprint density at radius 2 is 1.88 bits per heavy atom. The Labute approximate surface area is 105 Å². The van der Waals surface area contributed by atoms with E-state index < -0.39 is 8.87 Å². The lowest BCUT2D eigenvalue weighted by molar-refractivity contribution is 0.322. The van der Waals surface area contributed by atoms with E-state index in [1.807, 2.05) is 0 Å². The zero-order chi connectivity index (χ0) is 12.3. The van der Waals surface area contributed by atoms with E-state index in [0.29, 0.717) is 10.8 Å². The lowest BCUT2D eigenvalue weighted by atomic mass is 10.4. The van der Waals surface area contributed by atoms with Gasteiger partial charge in [0.2, 0.25) is 14.0 Å². The van der Waals surface area contributed by atoms with E-state index >= 15 is 0 Å². The van der Waals surface area contributed by atoms with Crippen LogP contribution in [0.2, 0.25) is 10.3 Å². The molecule has 0 radical (unpaired) electrons. The first-order chi connectivity index (χ1) is 7.33. The Bertz CT molecular complexity index is 509. The molecule has 1 aromatic heterocycles. The first kappa shape index (κ1) is 13.5. The Hall–Kier alpha value is -0.570. The molecule has 0 atom stereocenters. The number of rotatable bonds is 3. The van der Waals surface area contributed by atoms with Crippen molar-refractivity contribution in [1.29, 1.82) is 0 Å². The van der Waals surface area contributed by atoms with Crippen molar-refractivity contribution in [1.82, 2.24) is 9.97 Å². The maximum Gasteiger partial charge on any atom is 0.206 e. The molecule has 10 heteroatoms. The standard InChI is InChI=1S/C6H5Cl2N3O3S2/c1-16(13,14)15-6-10-4(7)3(2-9-12)5(8)11-6/h2,12H,1H3/b9-2+. The van der Waals surface area contributed by atoms with Crippen molar-refractivity contribution in [3.05, 3.63) is 15.9 Å². The Morgan fingerprint density at radius 1 is 1.38 bits per heavy atom. The van der Waals surface area contributed by atoms with Gasteiger partial charge in [-0.05, 0) is 0 Å². The zero-order valence-corrected chi connectivity index (χ0v) is 10.9. The third-order valence-corrected chi connectivity index (χ3v) is 3.81. The van der Waals surface area contributed by atoms with Gasteiger partial charge >= 0.3 is 0 Å². The Balaban J connectivity index is 3.20. The van der Waals surface area contributed by atoms with E-state index in [1.165, 1.54) is 0 Å². The van der Waals surface area contributed by atoms with E-state index in [4.69, 9.17) is 28.4 Å². The van der Waals surface area contributed by atoms with Crippen molar-refractivity contribution in [3.63, 3.8) is 0 Å². The molecule has 1 aromatic rings. The average Bonchev–Trinajstić information content (AvgIpc) is 2.08. The van der Waals surface area contributed by atoms with Crippen molar-refractivity contribution in [2.45, 2.75) is 5.16 Å². The summed E-state index contributed by atoms with van der Waals surface area (Å²) in [5.41, 5.74) is 0.115. The average molecular weight is 302 g/mol. The predicted molar refractivity (Wildman–Crippen MR) is 62.1 cm³/mol. The minimum atomic E-state index is -3.34. The van der Waals surface area contributed by atoms with Gasteiger partial charge < -0.3 is 5.21 Å². The first-order valence-electron chi connectivity index (χ1n) is 3.63. The second-order valence-electron chi connectivity index (χ2n) is 2.53. The number of halogens is 2. The summed E-state index contributed by atoms with van der Waals surface area (Å²) in [5, 5.41) is 10.8. The van der Waals surface area contributed by atoms with Gasteiger partial charge in [0.05, 0.1) is 11.8 Å².